The smallest absolute Gasteiger partial charge is 0.273 e. The maximum atomic E-state index is 12.1. The number of amides is 1. The van der Waals surface area contributed by atoms with Gasteiger partial charge in [-0.3, -0.25) is 4.79 Å². The molecular formula is C17H24N4O2. The number of hydrogen-bond donors (Lipinski definition) is 2. The molecule has 0 aliphatic rings. The van der Waals surface area contributed by atoms with Crippen LogP contribution in [0.15, 0.2) is 36.5 Å². The van der Waals surface area contributed by atoms with Crippen LogP contribution in [0.5, 0.6) is 0 Å². The van der Waals surface area contributed by atoms with Crippen molar-refractivity contribution in [2.75, 3.05) is 6.54 Å². The van der Waals surface area contributed by atoms with Gasteiger partial charge in [-0.15, -0.1) is 5.10 Å². The molecule has 2 rings (SSSR count). The SMILES string of the molecule is CC(C)CCC(C)(O)CNC(=O)c1cn(-c2ccccc2)nn1. The summed E-state index contributed by atoms with van der Waals surface area (Å²) in [5, 5.41) is 20.9. The van der Waals surface area contributed by atoms with Gasteiger partial charge in [0, 0.05) is 6.54 Å². The molecule has 0 spiro atoms. The zero-order valence-corrected chi connectivity index (χ0v) is 13.9. The van der Waals surface area contributed by atoms with E-state index >= 15 is 0 Å². The first kappa shape index (κ1) is 17.1. The van der Waals surface area contributed by atoms with Gasteiger partial charge in [0.15, 0.2) is 5.69 Å². The lowest BCUT2D eigenvalue weighted by atomic mass is 9.95. The Morgan fingerprint density at radius 2 is 2.04 bits per heavy atom. The highest BCUT2D eigenvalue weighted by Gasteiger charge is 2.22. The molecule has 23 heavy (non-hydrogen) atoms. The van der Waals surface area contributed by atoms with Crippen LogP contribution in [-0.2, 0) is 0 Å². The highest BCUT2D eigenvalue weighted by molar-refractivity contribution is 5.91. The van der Waals surface area contributed by atoms with E-state index in [2.05, 4.69) is 29.5 Å². The molecule has 1 heterocycles. The van der Waals surface area contributed by atoms with E-state index < -0.39 is 5.60 Å². The monoisotopic (exact) mass is 316 g/mol. The van der Waals surface area contributed by atoms with Crippen molar-refractivity contribution in [3.63, 3.8) is 0 Å². The predicted molar refractivity (Wildman–Crippen MR) is 88.4 cm³/mol. The third-order valence-electron chi connectivity index (χ3n) is 3.64. The molecule has 124 valence electrons. The number of benzene rings is 1. The molecule has 1 aromatic heterocycles. The van der Waals surface area contributed by atoms with E-state index in [1.54, 1.807) is 17.8 Å². The zero-order chi connectivity index (χ0) is 16.9. The summed E-state index contributed by atoms with van der Waals surface area (Å²) < 4.78 is 1.55. The molecule has 0 saturated heterocycles. The summed E-state index contributed by atoms with van der Waals surface area (Å²) >= 11 is 0. The van der Waals surface area contributed by atoms with Crippen LogP contribution in [0.3, 0.4) is 0 Å². The van der Waals surface area contributed by atoms with Crippen molar-refractivity contribution >= 4 is 5.91 Å². The van der Waals surface area contributed by atoms with E-state index in [0.29, 0.717) is 12.3 Å². The van der Waals surface area contributed by atoms with Gasteiger partial charge in [-0.25, -0.2) is 4.68 Å². The summed E-state index contributed by atoms with van der Waals surface area (Å²) in [5.74, 6) is 0.181. The molecule has 0 radical (unpaired) electrons. The Balaban J connectivity index is 1.93. The minimum Gasteiger partial charge on any atom is -0.388 e. The van der Waals surface area contributed by atoms with Gasteiger partial charge >= 0.3 is 0 Å². The molecular weight excluding hydrogens is 292 g/mol. The fourth-order valence-electron chi connectivity index (χ4n) is 2.12. The fraction of sp³-hybridized carbons (Fsp3) is 0.471. The van der Waals surface area contributed by atoms with Gasteiger partial charge in [0.25, 0.3) is 5.91 Å². The molecule has 0 aliphatic carbocycles. The third-order valence-corrected chi connectivity index (χ3v) is 3.64. The second kappa shape index (κ2) is 7.37. The van der Waals surface area contributed by atoms with Gasteiger partial charge in [0.1, 0.15) is 0 Å². The Labute approximate surface area is 136 Å². The molecule has 6 nitrogen and oxygen atoms in total. The van der Waals surface area contributed by atoms with E-state index in [0.717, 1.165) is 12.1 Å². The van der Waals surface area contributed by atoms with Gasteiger partial charge in [0.2, 0.25) is 0 Å². The average Bonchev–Trinajstić information content (AvgIpc) is 3.02. The van der Waals surface area contributed by atoms with Crippen LogP contribution < -0.4 is 5.32 Å². The molecule has 0 bridgehead atoms. The Morgan fingerprint density at radius 3 is 2.70 bits per heavy atom. The second-order valence-electron chi connectivity index (χ2n) is 6.50. The second-order valence-corrected chi connectivity index (χ2v) is 6.50. The summed E-state index contributed by atoms with van der Waals surface area (Å²) in [6.45, 7) is 6.14. The molecule has 0 aliphatic heterocycles. The van der Waals surface area contributed by atoms with E-state index in [1.807, 2.05) is 30.3 Å². The summed E-state index contributed by atoms with van der Waals surface area (Å²) in [6.07, 6.45) is 3.13. The number of carbonyl (C=O) groups excluding carboxylic acids is 1. The molecule has 2 aromatic rings. The highest BCUT2D eigenvalue weighted by Crippen LogP contribution is 2.15. The molecule has 6 heteroatoms. The van der Waals surface area contributed by atoms with Crippen molar-refractivity contribution in [3.05, 3.63) is 42.2 Å². The summed E-state index contributed by atoms with van der Waals surface area (Å²) in [7, 11) is 0. The molecule has 1 amide bonds. The van der Waals surface area contributed by atoms with Crippen LogP contribution in [0.4, 0.5) is 0 Å². The fourth-order valence-corrected chi connectivity index (χ4v) is 2.12. The lowest BCUT2D eigenvalue weighted by Gasteiger charge is -2.24. The van der Waals surface area contributed by atoms with Crippen molar-refractivity contribution in [2.24, 2.45) is 5.92 Å². The van der Waals surface area contributed by atoms with Crippen LogP contribution in [0.25, 0.3) is 5.69 Å². The van der Waals surface area contributed by atoms with Crippen molar-refractivity contribution in [1.29, 1.82) is 0 Å². The van der Waals surface area contributed by atoms with E-state index in [-0.39, 0.29) is 18.1 Å². The zero-order valence-electron chi connectivity index (χ0n) is 13.9. The van der Waals surface area contributed by atoms with Gasteiger partial charge in [-0.1, -0.05) is 37.3 Å². The minimum absolute atomic E-state index is 0.191. The van der Waals surface area contributed by atoms with Crippen molar-refractivity contribution in [3.8, 4) is 5.69 Å². The van der Waals surface area contributed by atoms with Crippen LogP contribution in [0.2, 0.25) is 0 Å². The van der Waals surface area contributed by atoms with Crippen molar-refractivity contribution < 1.29 is 9.90 Å². The Morgan fingerprint density at radius 1 is 1.35 bits per heavy atom. The first-order valence-electron chi connectivity index (χ1n) is 7.86. The Kier molecular flexibility index (Phi) is 5.50. The number of nitrogens with zero attached hydrogens (tertiary/aromatic N) is 3. The predicted octanol–water partition coefficient (Wildman–Crippen LogP) is 2.18. The molecule has 0 saturated carbocycles. The lowest BCUT2D eigenvalue weighted by molar-refractivity contribution is 0.0428. The lowest BCUT2D eigenvalue weighted by Crippen LogP contribution is -2.40. The van der Waals surface area contributed by atoms with Gasteiger partial charge in [-0.2, -0.15) is 0 Å². The van der Waals surface area contributed by atoms with Gasteiger partial charge in [-0.05, 0) is 37.8 Å². The average molecular weight is 316 g/mol. The number of aliphatic hydroxyl groups is 1. The van der Waals surface area contributed by atoms with Crippen LogP contribution >= 0.6 is 0 Å². The normalized spacial score (nSPS) is 13.8. The third kappa shape index (κ3) is 5.17. The van der Waals surface area contributed by atoms with E-state index in [1.165, 1.54) is 0 Å². The van der Waals surface area contributed by atoms with Gasteiger partial charge in [0.05, 0.1) is 17.5 Å². The topological polar surface area (TPSA) is 80.0 Å². The van der Waals surface area contributed by atoms with Crippen molar-refractivity contribution in [1.82, 2.24) is 20.3 Å². The molecule has 1 aromatic carbocycles. The van der Waals surface area contributed by atoms with Crippen LogP contribution in [0, 0.1) is 5.92 Å². The minimum atomic E-state index is -0.921. The quantitative estimate of drug-likeness (QED) is 0.820. The number of aromatic nitrogens is 3. The van der Waals surface area contributed by atoms with Gasteiger partial charge < -0.3 is 10.4 Å². The number of hydrogen-bond acceptors (Lipinski definition) is 4. The summed E-state index contributed by atoms with van der Waals surface area (Å²) in [4.78, 5) is 12.1. The number of nitrogens with one attached hydrogen (secondary N) is 1. The summed E-state index contributed by atoms with van der Waals surface area (Å²) in [5.41, 5.74) is 0.145. The van der Waals surface area contributed by atoms with E-state index in [9.17, 15) is 9.90 Å². The highest BCUT2D eigenvalue weighted by atomic mass is 16.3. The first-order chi connectivity index (χ1) is 10.9. The number of para-hydroxylation sites is 1. The largest absolute Gasteiger partial charge is 0.388 e. The standard InChI is InChI=1S/C17H24N4O2/c1-13(2)9-10-17(3,23)12-18-16(22)15-11-21(20-19-15)14-7-5-4-6-8-14/h4-8,11,13,23H,9-10,12H2,1-3H3,(H,18,22). The molecule has 2 N–H and O–H groups in total. The number of rotatable bonds is 7. The molecule has 0 fully saturated rings. The summed E-state index contributed by atoms with van der Waals surface area (Å²) in [6, 6.07) is 9.46. The van der Waals surface area contributed by atoms with Crippen molar-refractivity contribution in [2.45, 2.75) is 39.2 Å². The van der Waals surface area contributed by atoms with Crippen LogP contribution in [0.1, 0.15) is 44.1 Å². The maximum absolute atomic E-state index is 12.1. The molecule has 1 unspecified atom stereocenters. The number of carbonyl (C=O) groups is 1. The Hall–Kier alpha value is -2.21. The van der Waals surface area contributed by atoms with Crippen LogP contribution in [-0.4, -0.2) is 38.2 Å². The molecule has 1 atom stereocenters. The maximum Gasteiger partial charge on any atom is 0.273 e. The van der Waals surface area contributed by atoms with E-state index in [4.69, 9.17) is 0 Å². The first-order valence-corrected chi connectivity index (χ1v) is 7.86. The Bertz CT molecular complexity index is 635.